The summed E-state index contributed by atoms with van der Waals surface area (Å²) in [5.41, 5.74) is 7.71. The fourth-order valence-corrected chi connectivity index (χ4v) is 1.67. The molecule has 1 amide bonds. The van der Waals surface area contributed by atoms with Gasteiger partial charge in [-0.1, -0.05) is 5.11 Å². The predicted octanol–water partition coefficient (Wildman–Crippen LogP) is 2.37. The third-order valence-electron chi connectivity index (χ3n) is 2.44. The fraction of sp³-hybridized carbons (Fsp3) is 0.909. The summed E-state index contributed by atoms with van der Waals surface area (Å²) >= 11 is 0. The molecule has 1 fully saturated rings. The van der Waals surface area contributed by atoms with Crippen LogP contribution in [0.25, 0.3) is 10.4 Å². The zero-order valence-corrected chi connectivity index (χ0v) is 11.0. The minimum Gasteiger partial charge on any atom is -0.444 e. The maximum Gasteiger partial charge on any atom is 0.407 e. The van der Waals surface area contributed by atoms with E-state index in [2.05, 4.69) is 15.3 Å². The standard InChI is InChI=1S/C11H20N4O3/c1-11(2,3)18-10(16)14-8-4-5-9(17-7-8)6-13-15-12/h8-9H,4-7H2,1-3H3,(H,14,16)/t8-,9+/m1/s1. The lowest BCUT2D eigenvalue weighted by Crippen LogP contribution is -2.45. The van der Waals surface area contributed by atoms with Crippen molar-refractivity contribution in [3.63, 3.8) is 0 Å². The van der Waals surface area contributed by atoms with Crippen LogP contribution < -0.4 is 5.32 Å². The van der Waals surface area contributed by atoms with Gasteiger partial charge in [-0.05, 0) is 39.1 Å². The van der Waals surface area contributed by atoms with Crippen LogP contribution in [-0.2, 0) is 9.47 Å². The number of carbonyl (C=O) groups excluding carboxylic acids is 1. The van der Waals surface area contributed by atoms with E-state index in [-0.39, 0.29) is 12.1 Å². The van der Waals surface area contributed by atoms with Crippen LogP contribution in [-0.4, -0.2) is 37.0 Å². The van der Waals surface area contributed by atoms with Gasteiger partial charge in [0.05, 0.1) is 25.3 Å². The molecule has 2 atom stereocenters. The van der Waals surface area contributed by atoms with Gasteiger partial charge < -0.3 is 14.8 Å². The highest BCUT2D eigenvalue weighted by Crippen LogP contribution is 2.15. The lowest BCUT2D eigenvalue weighted by atomic mass is 10.1. The highest BCUT2D eigenvalue weighted by atomic mass is 16.6. The van der Waals surface area contributed by atoms with Crippen LogP contribution in [0.3, 0.4) is 0 Å². The van der Waals surface area contributed by atoms with Crippen molar-refractivity contribution in [2.45, 2.75) is 51.4 Å². The Kier molecular flexibility index (Phi) is 5.25. The number of amides is 1. The number of azide groups is 1. The monoisotopic (exact) mass is 256 g/mol. The Hall–Kier alpha value is -1.46. The second-order valence-electron chi connectivity index (χ2n) is 5.29. The van der Waals surface area contributed by atoms with E-state index in [4.69, 9.17) is 15.0 Å². The number of nitrogens with one attached hydrogen (secondary N) is 1. The van der Waals surface area contributed by atoms with Gasteiger partial charge in [-0.15, -0.1) is 0 Å². The van der Waals surface area contributed by atoms with Crippen molar-refractivity contribution < 1.29 is 14.3 Å². The molecule has 1 heterocycles. The summed E-state index contributed by atoms with van der Waals surface area (Å²) < 4.78 is 10.6. The van der Waals surface area contributed by atoms with Crippen LogP contribution >= 0.6 is 0 Å². The fourth-order valence-electron chi connectivity index (χ4n) is 1.67. The minimum absolute atomic E-state index is 0.0397. The zero-order chi connectivity index (χ0) is 13.6. The summed E-state index contributed by atoms with van der Waals surface area (Å²) in [6.07, 6.45) is 1.09. The molecule has 1 aliphatic rings. The van der Waals surface area contributed by atoms with Crippen molar-refractivity contribution in [2.75, 3.05) is 13.2 Å². The summed E-state index contributed by atoms with van der Waals surface area (Å²) in [5.74, 6) is 0. The number of rotatable bonds is 3. The minimum atomic E-state index is -0.496. The zero-order valence-electron chi connectivity index (χ0n) is 11.0. The summed E-state index contributed by atoms with van der Waals surface area (Å²) in [6.45, 7) is 6.22. The first-order chi connectivity index (χ1) is 8.40. The van der Waals surface area contributed by atoms with Gasteiger partial charge in [0.15, 0.2) is 0 Å². The molecule has 18 heavy (non-hydrogen) atoms. The molecule has 1 aliphatic heterocycles. The number of alkyl carbamates (subject to hydrolysis) is 1. The molecule has 0 radical (unpaired) electrons. The van der Waals surface area contributed by atoms with E-state index in [0.717, 1.165) is 12.8 Å². The Balaban J connectivity index is 2.27. The molecular formula is C11H20N4O3. The molecule has 0 unspecified atom stereocenters. The van der Waals surface area contributed by atoms with E-state index in [1.54, 1.807) is 0 Å². The van der Waals surface area contributed by atoms with Gasteiger partial charge in [0, 0.05) is 4.91 Å². The van der Waals surface area contributed by atoms with Gasteiger partial charge in [-0.3, -0.25) is 0 Å². The molecule has 7 heteroatoms. The van der Waals surface area contributed by atoms with E-state index in [9.17, 15) is 4.79 Å². The van der Waals surface area contributed by atoms with Crippen molar-refractivity contribution in [2.24, 2.45) is 5.11 Å². The van der Waals surface area contributed by atoms with Crippen LogP contribution in [0, 0.1) is 0 Å². The summed E-state index contributed by atoms with van der Waals surface area (Å²) in [6, 6.07) is -0.0397. The first-order valence-corrected chi connectivity index (χ1v) is 6.02. The second-order valence-corrected chi connectivity index (χ2v) is 5.29. The predicted molar refractivity (Wildman–Crippen MR) is 66.1 cm³/mol. The molecule has 0 aliphatic carbocycles. The summed E-state index contributed by atoms with van der Waals surface area (Å²) in [7, 11) is 0. The van der Waals surface area contributed by atoms with Gasteiger partial charge in [0.1, 0.15) is 5.60 Å². The van der Waals surface area contributed by atoms with Crippen LogP contribution in [0.15, 0.2) is 5.11 Å². The number of nitrogens with zero attached hydrogens (tertiary/aromatic N) is 3. The quantitative estimate of drug-likeness (QED) is 0.477. The molecule has 0 aromatic heterocycles. The number of hydrogen-bond donors (Lipinski definition) is 1. The Morgan fingerprint density at radius 1 is 1.56 bits per heavy atom. The Labute approximate surface area is 106 Å². The van der Waals surface area contributed by atoms with Crippen LogP contribution in [0.1, 0.15) is 33.6 Å². The van der Waals surface area contributed by atoms with E-state index in [1.165, 1.54) is 0 Å². The number of carbonyl (C=O) groups is 1. The lowest BCUT2D eigenvalue weighted by Gasteiger charge is -2.29. The second kappa shape index (κ2) is 6.47. The molecule has 0 spiro atoms. The average molecular weight is 256 g/mol. The first kappa shape index (κ1) is 14.6. The maximum atomic E-state index is 11.5. The van der Waals surface area contributed by atoms with Crippen molar-refractivity contribution >= 4 is 6.09 Å². The van der Waals surface area contributed by atoms with E-state index in [1.807, 2.05) is 20.8 Å². The number of hydrogen-bond acceptors (Lipinski definition) is 4. The van der Waals surface area contributed by atoms with Gasteiger partial charge in [0.2, 0.25) is 0 Å². The normalized spacial score (nSPS) is 23.9. The molecule has 1 N–H and O–H groups in total. The maximum absolute atomic E-state index is 11.5. The van der Waals surface area contributed by atoms with Crippen LogP contribution in [0.5, 0.6) is 0 Å². The van der Waals surface area contributed by atoms with Crippen LogP contribution in [0.2, 0.25) is 0 Å². The Morgan fingerprint density at radius 3 is 2.78 bits per heavy atom. The Morgan fingerprint density at radius 2 is 2.28 bits per heavy atom. The largest absolute Gasteiger partial charge is 0.444 e. The van der Waals surface area contributed by atoms with Gasteiger partial charge in [-0.25, -0.2) is 4.79 Å². The van der Waals surface area contributed by atoms with Crippen molar-refractivity contribution in [3.8, 4) is 0 Å². The van der Waals surface area contributed by atoms with Crippen molar-refractivity contribution in [1.82, 2.24) is 5.32 Å². The molecule has 0 aromatic carbocycles. The average Bonchev–Trinajstić information content (AvgIpc) is 2.25. The molecule has 0 aromatic rings. The van der Waals surface area contributed by atoms with Gasteiger partial charge >= 0.3 is 6.09 Å². The highest BCUT2D eigenvalue weighted by Gasteiger charge is 2.24. The first-order valence-electron chi connectivity index (χ1n) is 6.02. The van der Waals surface area contributed by atoms with Gasteiger partial charge in [0.25, 0.3) is 0 Å². The lowest BCUT2D eigenvalue weighted by molar-refractivity contribution is -0.00317. The molecule has 1 rings (SSSR count). The summed E-state index contributed by atoms with van der Waals surface area (Å²) in [5, 5.41) is 6.24. The molecule has 0 bridgehead atoms. The third kappa shape index (κ3) is 5.75. The SMILES string of the molecule is CC(C)(C)OC(=O)N[C@@H]1CC[C@@H](CN=[N+]=[N-])OC1. The summed E-state index contributed by atoms with van der Waals surface area (Å²) in [4.78, 5) is 14.2. The Bertz CT molecular complexity index is 326. The van der Waals surface area contributed by atoms with Crippen molar-refractivity contribution in [3.05, 3.63) is 10.4 Å². The van der Waals surface area contributed by atoms with E-state index < -0.39 is 11.7 Å². The highest BCUT2D eigenvalue weighted by molar-refractivity contribution is 5.68. The van der Waals surface area contributed by atoms with Crippen LogP contribution in [0.4, 0.5) is 4.79 Å². The topological polar surface area (TPSA) is 96.3 Å². The smallest absolute Gasteiger partial charge is 0.407 e. The number of ether oxygens (including phenoxy) is 2. The molecular weight excluding hydrogens is 236 g/mol. The van der Waals surface area contributed by atoms with E-state index >= 15 is 0 Å². The van der Waals surface area contributed by atoms with Crippen molar-refractivity contribution in [1.29, 1.82) is 0 Å². The van der Waals surface area contributed by atoms with Gasteiger partial charge in [-0.2, -0.15) is 0 Å². The molecule has 0 saturated carbocycles. The third-order valence-corrected chi connectivity index (χ3v) is 2.44. The molecule has 7 nitrogen and oxygen atoms in total. The van der Waals surface area contributed by atoms with E-state index in [0.29, 0.717) is 13.2 Å². The molecule has 1 saturated heterocycles. The molecule has 102 valence electrons.